The van der Waals surface area contributed by atoms with E-state index < -0.39 is 96.9 Å². The number of amides is 5. The second-order valence-electron chi connectivity index (χ2n) is 11.8. The van der Waals surface area contributed by atoms with Crippen molar-refractivity contribution in [1.29, 1.82) is 5.41 Å². The highest BCUT2D eigenvalue weighted by Gasteiger charge is 2.39. The molecule has 20 nitrogen and oxygen atoms in total. The number of nitrogens with one attached hydrogen (secondary N) is 6. The molecule has 51 heavy (non-hydrogen) atoms. The van der Waals surface area contributed by atoms with E-state index in [0.717, 1.165) is 0 Å². The van der Waals surface area contributed by atoms with Crippen molar-refractivity contribution >= 4 is 53.4 Å². The Labute approximate surface area is 292 Å². The van der Waals surface area contributed by atoms with Crippen LogP contribution >= 0.6 is 0 Å². The van der Waals surface area contributed by atoms with Crippen LogP contribution in [-0.2, 0) is 44.8 Å². The number of carboxylic acids is 3. The van der Waals surface area contributed by atoms with Crippen LogP contribution in [0.4, 0.5) is 0 Å². The van der Waals surface area contributed by atoms with Crippen molar-refractivity contribution in [3.63, 3.8) is 0 Å². The maximum absolute atomic E-state index is 13.5. The molecule has 0 saturated carbocycles. The zero-order valence-electron chi connectivity index (χ0n) is 27.8. The first-order valence-electron chi connectivity index (χ1n) is 16.0. The number of nitrogens with zero attached hydrogens (tertiary/aromatic N) is 1. The highest BCUT2D eigenvalue weighted by atomic mass is 16.4. The van der Waals surface area contributed by atoms with Crippen LogP contribution < -0.4 is 32.3 Å². The average Bonchev–Trinajstić information content (AvgIpc) is 3.54. The third-order valence-electron chi connectivity index (χ3n) is 7.78. The van der Waals surface area contributed by atoms with E-state index in [4.69, 9.17) is 11.1 Å². The Morgan fingerprint density at radius 3 is 2.06 bits per heavy atom. The summed E-state index contributed by atoms with van der Waals surface area (Å²) in [5, 5.41) is 57.0. The number of phenols is 1. The van der Waals surface area contributed by atoms with Gasteiger partial charge in [0.25, 0.3) is 0 Å². The number of rotatable bonds is 20. The second-order valence-corrected chi connectivity index (χ2v) is 11.8. The molecular formula is C31H44N8O12. The molecule has 5 amide bonds. The summed E-state index contributed by atoms with van der Waals surface area (Å²) < 4.78 is 0. The van der Waals surface area contributed by atoms with Gasteiger partial charge < -0.3 is 57.6 Å². The molecule has 1 aromatic rings. The third kappa shape index (κ3) is 14.2. The number of carbonyl (C=O) groups is 8. The molecule has 1 aliphatic rings. The lowest BCUT2D eigenvalue weighted by Gasteiger charge is -2.30. The number of carbonyl (C=O) groups excluding carboxylic acids is 5. The monoisotopic (exact) mass is 720 g/mol. The molecule has 0 radical (unpaired) electrons. The van der Waals surface area contributed by atoms with Crippen LogP contribution in [0.3, 0.4) is 0 Å². The number of guanidine groups is 1. The number of benzene rings is 1. The maximum Gasteiger partial charge on any atom is 0.326 e. The van der Waals surface area contributed by atoms with Gasteiger partial charge in [0.05, 0.1) is 6.42 Å². The fraction of sp³-hybridized carbons (Fsp3) is 0.516. The average molecular weight is 721 g/mol. The summed E-state index contributed by atoms with van der Waals surface area (Å²) in [5.41, 5.74) is 5.69. The molecule has 0 spiro atoms. The predicted molar refractivity (Wildman–Crippen MR) is 176 cm³/mol. The third-order valence-corrected chi connectivity index (χ3v) is 7.78. The zero-order chi connectivity index (χ0) is 38.2. The molecule has 1 aromatic carbocycles. The van der Waals surface area contributed by atoms with Crippen LogP contribution in [0.2, 0.25) is 0 Å². The first kappa shape index (κ1) is 41.2. The number of hydrogen-bond donors (Lipinski definition) is 11. The van der Waals surface area contributed by atoms with Gasteiger partial charge in [-0.15, -0.1) is 0 Å². The highest BCUT2D eigenvalue weighted by Crippen LogP contribution is 2.20. The van der Waals surface area contributed by atoms with Gasteiger partial charge in [0.15, 0.2) is 5.96 Å². The van der Waals surface area contributed by atoms with E-state index in [9.17, 15) is 58.8 Å². The number of likely N-dealkylation sites (tertiary alicyclic amines) is 1. The van der Waals surface area contributed by atoms with Crippen molar-refractivity contribution in [2.24, 2.45) is 5.73 Å². The van der Waals surface area contributed by atoms with Crippen molar-refractivity contribution in [3.05, 3.63) is 29.8 Å². The number of hydrogen-bond acceptors (Lipinski definition) is 10. The Hall–Kier alpha value is -5.95. The Balaban J connectivity index is 2.22. The molecule has 1 saturated heterocycles. The van der Waals surface area contributed by atoms with Gasteiger partial charge >= 0.3 is 17.9 Å². The van der Waals surface area contributed by atoms with Gasteiger partial charge in [-0.2, -0.15) is 0 Å². The van der Waals surface area contributed by atoms with Gasteiger partial charge in [0, 0.05) is 32.9 Å². The molecule has 280 valence electrons. The first-order chi connectivity index (χ1) is 24.0. The molecule has 5 atom stereocenters. The van der Waals surface area contributed by atoms with Crippen LogP contribution in [0.5, 0.6) is 5.75 Å². The number of phenolic OH excluding ortho intramolecular Hbond substituents is 1. The molecule has 0 unspecified atom stereocenters. The van der Waals surface area contributed by atoms with E-state index in [0.29, 0.717) is 18.4 Å². The van der Waals surface area contributed by atoms with Crippen LogP contribution in [-0.4, -0.2) is 122 Å². The standard InChI is InChI=1S/C31H44N8O12/c1-16(40)35-20(4-2-12-34-31(32)33)29(49)39-13-3-5-23(39)28(48)37-21(15-25(44)45)27(47)36-19(10-11-24(42)43)26(46)38-22(30(50)51)14-17-6-8-18(41)9-7-17/h6-9,19-23,41H,2-5,10-15H2,1H3,(H,35,40)(H,36,47)(H,37,48)(H,38,46)(H,42,43)(H,44,45)(H,50,51)(H4,32,33,34)/t19-,20-,21-,22-,23-/m0/s1. The smallest absolute Gasteiger partial charge is 0.326 e. The van der Waals surface area contributed by atoms with Crippen LogP contribution in [0.25, 0.3) is 0 Å². The molecule has 1 aliphatic heterocycles. The molecule has 0 aromatic heterocycles. The minimum Gasteiger partial charge on any atom is -0.508 e. The number of aromatic hydroxyl groups is 1. The Kier molecular flexibility index (Phi) is 16.1. The molecule has 0 aliphatic carbocycles. The van der Waals surface area contributed by atoms with E-state index in [2.05, 4.69) is 26.6 Å². The van der Waals surface area contributed by atoms with Crippen molar-refractivity contribution in [2.45, 2.75) is 88.5 Å². The summed E-state index contributed by atoms with van der Waals surface area (Å²) in [6.07, 6.45) is -1.43. The lowest BCUT2D eigenvalue weighted by molar-refractivity contribution is -0.144. The quantitative estimate of drug-likeness (QED) is 0.0379. The maximum atomic E-state index is 13.5. The van der Waals surface area contributed by atoms with Crippen LogP contribution in [0, 0.1) is 5.41 Å². The topological polar surface area (TPSA) is 331 Å². The minimum atomic E-state index is -1.80. The lowest BCUT2D eigenvalue weighted by Crippen LogP contribution is -2.59. The van der Waals surface area contributed by atoms with Gasteiger partial charge in [0.2, 0.25) is 29.5 Å². The van der Waals surface area contributed by atoms with E-state index in [-0.39, 0.29) is 44.1 Å². The van der Waals surface area contributed by atoms with Gasteiger partial charge in [-0.1, -0.05) is 12.1 Å². The minimum absolute atomic E-state index is 0.0780. The Morgan fingerprint density at radius 2 is 1.49 bits per heavy atom. The van der Waals surface area contributed by atoms with Gasteiger partial charge in [-0.3, -0.25) is 39.0 Å². The van der Waals surface area contributed by atoms with Gasteiger partial charge in [-0.25, -0.2) is 4.79 Å². The second kappa shape index (κ2) is 19.9. The zero-order valence-corrected chi connectivity index (χ0v) is 27.8. The van der Waals surface area contributed by atoms with Gasteiger partial charge in [-0.05, 0) is 49.8 Å². The molecule has 1 fully saturated rings. The summed E-state index contributed by atoms with van der Waals surface area (Å²) in [5.74, 6) is -8.98. The number of aliphatic carboxylic acids is 3. The Morgan fingerprint density at radius 1 is 0.863 bits per heavy atom. The van der Waals surface area contributed by atoms with E-state index in [1.54, 1.807) is 0 Å². The highest BCUT2D eigenvalue weighted by molar-refractivity contribution is 5.97. The van der Waals surface area contributed by atoms with Crippen molar-refractivity contribution < 1.29 is 58.8 Å². The molecule has 20 heteroatoms. The van der Waals surface area contributed by atoms with Crippen molar-refractivity contribution in [1.82, 2.24) is 31.5 Å². The summed E-state index contributed by atoms with van der Waals surface area (Å²) in [6, 6.07) is -1.74. The molecule has 0 bridgehead atoms. The van der Waals surface area contributed by atoms with Crippen LogP contribution in [0.15, 0.2) is 24.3 Å². The largest absolute Gasteiger partial charge is 0.508 e. The summed E-state index contributed by atoms with van der Waals surface area (Å²) in [6.45, 7) is 1.55. The molecule has 12 N–H and O–H groups in total. The number of carboxylic acid groups (broad SMARTS) is 3. The number of nitrogens with two attached hydrogens (primary N) is 1. The fourth-order valence-electron chi connectivity index (χ4n) is 5.34. The first-order valence-corrected chi connectivity index (χ1v) is 16.0. The van der Waals surface area contributed by atoms with Crippen LogP contribution in [0.1, 0.15) is 57.4 Å². The SMILES string of the molecule is CC(=O)N[C@@H](CCCNC(=N)N)C(=O)N1CCC[C@H]1C(=O)N[C@@H](CC(=O)O)C(=O)N[C@@H](CCC(=O)O)C(=O)N[C@@H](Cc1ccc(O)cc1)C(=O)O. The summed E-state index contributed by atoms with van der Waals surface area (Å²) in [4.78, 5) is 101. The predicted octanol–water partition coefficient (Wildman–Crippen LogP) is -2.43. The van der Waals surface area contributed by atoms with Crippen molar-refractivity contribution in [2.75, 3.05) is 13.1 Å². The molecular weight excluding hydrogens is 676 g/mol. The van der Waals surface area contributed by atoms with E-state index in [1.807, 2.05) is 0 Å². The normalized spacial score (nSPS) is 16.0. The fourth-order valence-corrected chi connectivity index (χ4v) is 5.34. The molecule has 1 heterocycles. The van der Waals surface area contributed by atoms with E-state index >= 15 is 0 Å². The molecule has 2 rings (SSSR count). The summed E-state index contributed by atoms with van der Waals surface area (Å²) >= 11 is 0. The van der Waals surface area contributed by atoms with Crippen molar-refractivity contribution in [3.8, 4) is 5.75 Å². The summed E-state index contributed by atoms with van der Waals surface area (Å²) in [7, 11) is 0. The lowest BCUT2D eigenvalue weighted by atomic mass is 10.0. The van der Waals surface area contributed by atoms with E-state index in [1.165, 1.54) is 36.1 Å². The van der Waals surface area contributed by atoms with Gasteiger partial charge in [0.1, 0.15) is 36.0 Å². The Bertz CT molecular complexity index is 1470.